The average molecular weight is 339 g/mol. The zero-order valence-corrected chi connectivity index (χ0v) is 14.6. The van der Waals surface area contributed by atoms with Crippen LogP contribution in [0.25, 0.3) is 10.8 Å². The molecule has 1 aromatic heterocycles. The van der Waals surface area contributed by atoms with Crippen molar-refractivity contribution in [1.82, 2.24) is 4.90 Å². The maximum absolute atomic E-state index is 12.5. The van der Waals surface area contributed by atoms with E-state index in [0.29, 0.717) is 6.54 Å². The Morgan fingerprint density at radius 2 is 1.96 bits per heavy atom. The highest BCUT2D eigenvalue weighted by Crippen LogP contribution is 2.20. The van der Waals surface area contributed by atoms with E-state index in [0.717, 1.165) is 24.1 Å². The molecular formula is C20H21NO2S. The fraction of sp³-hybridized carbons (Fsp3) is 0.250. The SMILES string of the molecule is CCCN(Cc1ccsc1)C(=O)COc1ccc2ccccc2c1. The molecule has 0 bridgehead atoms. The van der Waals surface area contributed by atoms with E-state index < -0.39 is 0 Å². The van der Waals surface area contributed by atoms with Crippen LogP contribution in [0.5, 0.6) is 5.75 Å². The van der Waals surface area contributed by atoms with Crippen molar-refractivity contribution < 1.29 is 9.53 Å². The van der Waals surface area contributed by atoms with E-state index in [4.69, 9.17) is 4.74 Å². The monoisotopic (exact) mass is 339 g/mol. The van der Waals surface area contributed by atoms with Crippen molar-refractivity contribution in [3.05, 3.63) is 64.9 Å². The molecule has 1 amide bonds. The van der Waals surface area contributed by atoms with Gasteiger partial charge >= 0.3 is 0 Å². The Morgan fingerprint density at radius 1 is 1.12 bits per heavy atom. The summed E-state index contributed by atoms with van der Waals surface area (Å²) in [5, 5.41) is 6.41. The molecule has 0 saturated carbocycles. The molecule has 3 nitrogen and oxygen atoms in total. The number of ether oxygens (including phenoxy) is 1. The lowest BCUT2D eigenvalue weighted by atomic mass is 10.1. The summed E-state index contributed by atoms with van der Waals surface area (Å²) < 4.78 is 5.73. The molecule has 0 saturated heterocycles. The highest BCUT2D eigenvalue weighted by atomic mass is 32.1. The molecule has 4 heteroatoms. The summed E-state index contributed by atoms with van der Waals surface area (Å²) in [4.78, 5) is 14.4. The molecule has 0 aliphatic heterocycles. The first-order valence-electron chi connectivity index (χ1n) is 8.16. The molecule has 124 valence electrons. The number of amides is 1. The number of benzene rings is 2. The van der Waals surface area contributed by atoms with E-state index in [1.165, 1.54) is 10.9 Å². The van der Waals surface area contributed by atoms with Crippen LogP contribution in [0.3, 0.4) is 0 Å². The lowest BCUT2D eigenvalue weighted by Crippen LogP contribution is -2.35. The molecule has 0 aliphatic rings. The Bertz CT molecular complexity index is 798. The number of hydrogen-bond donors (Lipinski definition) is 0. The number of carbonyl (C=O) groups excluding carboxylic acids is 1. The van der Waals surface area contributed by atoms with E-state index in [1.54, 1.807) is 11.3 Å². The molecule has 3 rings (SSSR count). The minimum absolute atomic E-state index is 0.0243. The first kappa shape index (κ1) is 16.5. The van der Waals surface area contributed by atoms with Crippen LogP contribution in [-0.4, -0.2) is 24.0 Å². The van der Waals surface area contributed by atoms with Crippen molar-refractivity contribution in [2.24, 2.45) is 0 Å². The molecule has 0 atom stereocenters. The van der Waals surface area contributed by atoms with Gasteiger partial charge in [-0.2, -0.15) is 11.3 Å². The van der Waals surface area contributed by atoms with Crippen LogP contribution in [-0.2, 0) is 11.3 Å². The minimum atomic E-state index is 0.0243. The summed E-state index contributed by atoms with van der Waals surface area (Å²) in [5.74, 6) is 0.755. The normalized spacial score (nSPS) is 10.7. The van der Waals surface area contributed by atoms with E-state index in [-0.39, 0.29) is 12.5 Å². The Balaban J connectivity index is 1.63. The van der Waals surface area contributed by atoms with Gasteiger partial charge in [0.1, 0.15) is 5.75 Å². The molecule has 0 aliphatic carbocycles. The summed E-state index contributed by atoms with van der Waals surface area (Å²) in [5.41, 5.74) is 1.17. The molecular weight excluding hydrogens is 318 g/mol. The Kier molecular flexibility index (Phi) is 5.49. The number of hydrogen-bond acceptors (Lipinski definition) is 3. The van der Waals surface area contributed by atoms with Gasteiger partial charge in [-0.15, -0.1) is 0 Å². The largest absolute Gasteiger partial charge is 0.484 e. The quantitative estimate of drug-likeness (QED) is 0.623. The summed E-state index contributed by atoms with van der Waals surface area (Å²) in [6.07, 6.45) is 0.936. The zero-order chi connectivity index (χ0) is 16.8. The van der Waals surface area contributed by atoms with Crippen LogP contribution in [0.1, 0.15) is 18.9 Å². The van der Waals surface area contributed by atoms with E-state index >= 15 is 0 Å². The van der Waals surface area contributed by atoms with Crippen LogP contribution in [0.2, 0.25) is 0 Å². The lowest BCUT2D eigenvalue weighted by molar-refractivity contribution is -0.134. The standard InChI is InChI=1S/C20H21NO2S/c1-2-10-21(13-16-9-11-24-15-16)20(22)14-23-19-8-7-17-5-3-4-6-18(17)12-19/h3-9,11-12,15H,2,10,13-14H2,1H3. The molecule has 1 heterocycles. The van der Waals surface area contributed by atoms with Crippen molar-refractivity contribution in [2.45, 2.75) is 19.9 Å². The van der Waals surface area contributed by atoms with Crippen molar-refractivity contribution in [2.75, 3.05) is 13.2 Å². The molecule has 0 spiro atoms. The second-order valence-corrected chi connectivity index (χ2v) is 6.52. The maximum atomic E-state index is 12.5. The Morgan fingerprint density at radius 3 is 2.71 bits per heavy atom. The van der Waals surface area contributed by atoms with Crippen LogP contribution < -0.4 is 4.74 Å². The topological polar surface area (TPSA) is 29.5 Å². The van der Waals surface area contributed by atoms with Gasteiger partial charge in [0, 0.05) is 13.1 Å². The van der Waals surface area contributed by atoms with Crippen LogP contribution in [0, 0.1) is 0 Å². The molecule has 0 unspecified atom stereocenters. The third kappa shape index (κ3) is 4.15. The predicted octanol–water partition coefficient (Wildman–Crippen LogP) is 4.72. The summed E-state index contributed by atoms with van der Waals surface area (Å²) in [6.45, 7) is 3.55. The first-order valence-corrected chi connectivity index (χ1v) is 9.11. The van der Waals surface area contributed by atoms with Gasteiger partial charge in [-0.3, -0.25) is 4.79 Å². The highest BCUT2D eigenvalue weighted by molar-refractivity contribution is 7.07. The molecule has 3 aromatic rings. The van der Waals surface area contributed by atoms with Crippen LogP contribution in [0.15, 0.2) is 59.3 Å². The summed E-state index contributed by atoms with van der Waals surface area (Å²) >= 11 is 1.65. The Labute approximate surface area is 146 Å². The zero-order valence-electron chi connectivity index (χ0n) is 13.8. The number of thiophene rings is 1. The van der Waals surface area contributed by atoms with Crippen LogP contribution in [0.4, 0.5) is 0 Å². The number of fused-ring (bicyclic) bond motifs is 1. The highest BCUT2D eigenvalue weighted by Gasteiger charge is 2.14. The Hall–Kier alpha value is -2.33. The predicted molar refractivity (Wildman–Crippen MR) is 99.5 cm³/mol. The second-order valence-electron chi connectivity index (χ2n) is 5.74. The number of nitrogens with zero attached hydrogens (tertiary/aromatic N) is 1. The van der Waals surface area contributed by atoms with Crippen molar-refractivity contribution in [3.8, 4) is 5.75 Å². The van der Waals surface area contributed by atoms with Gasteiger partial charge in [-0.25, -0.2) is 0 Å². The fourth-order valence-corrected chi connectivity index (χ4v) is 3.32. The second kappa shape index (κ2) is 7.97. The van der Waals surface area contributed by atoms with Crippen LogP contribution >= 0.6 is 11.3 Å². The van der Waals surface area contributed by atoms with E-state index in [1.807, 2.05) is 46.7 Å². The fourth-order valence-electron chi connectivity index (χ4n) is 2.66. The number of rotatable bonds is 7. The molecule has 0 fully saturated rings. The minimum Gasteiger partial charge on any atom is -0.484 e. The van der Waals surface area contributed by atoms with Gasteiger partial charge in [-0.1, -0.05) is 37.3 Å². The van der Waals surface area contributed by atoms with Crippen molar-refractivity contribution >= 4 is 28.0 Å². The van der Waals surface area contributed by atoms with E-state index in [2.05, 4.69) is 24.4 Å². The molecule has 24 heavy (non-hydrogen) atoms. The molecule has 0 radical (unpaired) electrons. The maximum Gasteiger partial charge on any atom is 0.260 e. The van der Waals surface area contributed by atoms with Gasteiger partial charge < -0.3 is 9.64 Å². The smallest absolute Gasteiger partial charge is 0.260 e. The van der Waals surface area contributed by atoms with Crippen molar-refractivity contribution in [1.29, 1.82) is 0 Å². The third-order valence-corrected chi connectivity index (χ3v) is 4.62. The van der Waals surface area contributed by atoms with Gasteiger partial charge in [0.05, 0.1) is 0 Å². The first-order chi connectivity index (χ1) is 11.8. The lowest BCUT2D eigenvalue weighted by Gasteiger charge is -2.21. The van der Waals surface area contributed by atoms with E-state index in [9.17, 15) is 4.79 Å². The third-order valence-electron chi connectivity index (χ3n) is 3.88. The van der Waals surface area contributed by atoms with Gasteiger partial charge in [0.2, 0.25) is 0 Å². The molecule has 2 aromatic carbocycles. The van der Waals surface area contributed by atoms with Gasteiger partial charge in [0.25, 0.3) is 5.91 Å². The van der Waals surface area contributed by atoms with Gasteiger partial charge in [0.15, 0.2) is 6.61 Å². The summed E-state index contributed by atoms with van der Waals surface area (Å²) in [6, 6.07) is 16.1. The molecule has 0 N–H and O–H groups in total. The number of carbonyl (C=O) groups is 1. The summed E-state index contributed by atoms with van der Waals surface area (Å²) in [7, 11) is 0. The van der Waals surface area contributed by atoms with Gasteiger partial charge in [-0.05, 0) is 51.7 Å². The average Bonchev–Trinajstić information content (AvgIpc) is 3.12. The van der Waals surface area contributed by atoms with Crippen molar-refractivity contribution in [3.63, 3.8) is 0 Å².